The molecule has 0 saturated carbocycles. The van der Waals surface area contributed by atoms with E-state index in [0.717, 1.165) is 0 Å². The van der Waals surface area contributed by atoms with Crippen molar-refractivity contribution >= 4 is 15.7 Å². The Morgan fingerprint density at radius 3 is 2.65 bits per heavy atom. The van der Waals surface area contributed by atoms with E-state index in [4.69, 9.17) is 0 Å². The van der Waals surface area contributed by atoms with Gasteiger partial charge in [0.05, 0.1) is 11.9 Å². The SMILES string of the molecule is Cn1cc(S(=O)(=O)Nc2ccccc2O)cn1. The van der Waals surface area contributed by atoms with Gasteiger partial charge in [-0.2, -0.15) is 5.10 Å². The fourth-order valence-electron chi connectivity index (χ4n) is 1.30. The molecule has 1 heterocycles. The molecule has 0 bridgehead atoms. The van der Waals surface area contributed by atoms with Crippen LogP contribution in [0.1, 0.15) is 0 Å². The Kier molecular flexibility index (Phi) is 2.76. The molecular formula is C10H11N3O3S. The third kappa shape index (κ3) is 2.39. The average molecular weight is 253 g/mol. The normalized spacial score (nSPS) is 11.4. The molecule has 0 unspecified atom stereocenters. The fourth-order valence-corrected chi connectivity index (χ4v) is 2.36. The summed E-state index contributed by atoms with van der Waals surface area (Å²) in [7, 11) is -2.08. The van der Waals surface area contributed by atoms with E-state index in [-0.39, 0.29) is 16.3 Å². The summed E-state index contributed by atoms with van der Waals surface area (Å²) in [5.74, 6) is -0.125. The molecule has 0 spiro atoms. The molecular weight excluding hydrogens is 242 g/mol. The summed E-state index contributed by atoms with van der Waals surface area (Å²) >= 11 is 0. The number of nitrogens with one attached hydrogen (secondary N) is 1. The molecule has 0 radical (unpaired) electrons. The first-order chi connectivity index (χ1) is 7.99. The molecule has 0 fully saturated rings. The highest BCUT2D eigenvalue weighted by atomic mass is 32.2. The summed E-state index contributed by atoms with van der Waals surface area (Å²) in [6, 6.07) is 6.11. The summed E-state index contributed by atoms with van der Waals surface area (Å²) in [5, 5.41) is 13.3. The van der Waals surface area contributed by atoms with Crippen molar-refractivity contribution in [3.63, 3.8) is 0 Å². The lowest BCUT2D eigenvalue weighted by Gasteiger charge is -2.07. The number of rotatable bonds is 3. The van der Waals surface area contributed by atoms with Crippen molar-refractivity contribution < 1.29 is 13.5 Å². The minimum absolute atomic E-state index is 0.0447. The number of anilines is 1. The van der Waals surface area contributed by atoms with Crippen LogP contribution in [0, 0.1) is 0 Å². The smallest absolute Gasteiger partial charge is 0.265 e. The zero-order chi connectivity index (χ0) is 12.5. The minimum Gasteiger partial charge on any atom is -0.506 e. The number of hydrogen-bond acceptors (Lipinski definition) is 4. The molecule has 0 aliphatic carbocycles. The number of sulfonamides is 1. The molecule has 0 aliphatic heterocycles. The topological polar surface area (TPSA) is 84.2 Å². The first-order valence-electron chi connectivity index (χ1n) is 4.78. The second-order valence-electron chi connectivity index (χ2n) is 3.47. The van der Waals surface area contributed by atoms with Crippen LogP contribution in [-0.4, -0.2) is 23.3 Å². The molecule has 0 atom stereocenters. The van der Waals surface area contributed by atoms with Crippen molar-refractivity contribution in [3.8, 4) is 5.75 Å². The maximum Gasteiger partial charge on any atom is 0.265 e. The van der Waals surface area contributed by atoms with Crippen molar-refractivity contribution in [2.75, 3.05) is 4.72 Å². The third-order valence-electron chi connectivity index (χ3n) is 2.14. The van der Waals surface area contributed by atoms with Crippen molar-refractivity contribution in [1.82, 2.24) is 9.78 Å². The number of aromatic hydroxyl groups is 1. The Hall–Kier alpha value is -2.02. The van der Waals surface area contributed by atoms with Crippen LogP contribution in [0.4, 0.5) is 5.69 Å². The van der Waals surface area contributed by atoms with Crippen LogP contribution in [-0.2, 0) is 17.1 Å². The second-order valence-corrected chi connectivity index (χ2v) is 5.15. The Balaban J connectivity index is 2.33. The van der Waals surface area contributed by atoms with E-state index in [0.29, 0.717) is 0 Å². The van der Waals surface area contributed by atoms with Gasteiger partial charge >= 0.3 is 0 Å². The zero-order valence-electron chi connectivity index (χ0n) is 9.03. The van der Waals surface area contributed by atoms with Gasteiger partial charge in [0.15, 0.2) is 0 Å². The number of hydrogen-bond donors (Lipinski definition) is 2. The number of phenols is 1. The number of benzene rings is 1. The third-order valence-corrected chi connectivity index (χ3v) is 3.46. The van der Waals surface area contributed by atoms with Crippen molar-refractivity contribution in [1.29, 1.82) is 0 Å². The molecule has 17 heavy (non-hydrogen) atoms. The Morgan fingerprint density at radius 2 is 2.06 bits per heavy atom. The van der Waals surface area contributed by atoms with Crippen molar-refractivity contribution in [3.05, 3.63) is 36.7 Å². The van der Waals surface area contributed by atoms with E-state index >= 15 is 0 Å². The van der Waals surface area contributed by atoms with Gasteiger partial charge in [0, 0.05) is 13.2 Å². The van der Waals surface area contributed by atoms with E-state index in [9.17, 15) is 13.5 Å². The lowest BCUT2D eigenvalue weighted by molar-refractivity contribution is 0.477. The molecule has 90 valence electrons. The quantitative estimate of drug-likeness (QED) is 0.797. The lowest BCUT2D eigenvalue weighted by Crippen LogP contribution is -2.12. The maximum absolute atomic E-state index is 11.9. The Labute approximate surface area is 98.6 Å². The molecule has 7 heteroatoms. The maximum atomic E-state index is 11.9. The van der Waals surface area contributed by atoms with E-state index in [1.165, 1.54) is 29.2 Å². The monoisotopic (exact) mass is 253 g/mol. The van der Waals surface area contributed by atoms with Gasteiger partial charge in [-0.05, 0) is 12.1 Å². The standard InChI is InChI=1S/C10H11N3O3S/c1-13-7-8(6-11-13)17(15,16)12-9-4-2-3-5-10(9)14/h2-7,12,14H,1H3. The van der Waals surface area contributed by atoms with E-state index in [1.807, 2.05) is 0 Å². The van der Waals surface area contributed by atoms with E-state index < -0.39 is 10.0 Å². The predicted molar refractivity (Wildman–Crippen MR) is 62.1 cm³/mol. The highest BCUT2D eigenvalue weighted by Crippen LogP contribution is 2.24. The van der Waals surface area contributed by atoms with Gasteiger partial charge in [0.25, 0.3) is 10.0 Å². The first kappa shape index (κ1) is 11.5. The van der Waals surface area contributed by atoms with Gasteiger partial charge in [0.1, 0.15) is 10.6 Å². The summed E-state index contributed by atoms with van der Waals surface area (Å²) in [5.41, 5.74) is 0.136. The number of aryl methyl sites for hydroxylation is 1. The van der Waals surface area contributed by atoms with Gasteiger partial charge in [0.2, 0.25) is 0 Å². The van der Waals surface area contributed by atoms with Crippen LogP contribution in [0.15, 0.2) is 41.6 Å². The van der Waals surface area contributed by atoms with Gasteiger partial charge < -0.3 is 5.11 Å². The highest BCUT2D eigenvalue weighted by molar-refractivity contribution is 7.92. The van der Waals surface area contributed by atoms with Crippen LogP contribution < -0.4 is 4.72 Å². The molecule has 0 amide bonds. The van der Waals surface area contributed by atoms with Crippen LogP contribution in [0.2, 0.25) is 0 Å². The summed E-state index contributed by atoms with van der Waals surface area (Å²) in [4.78, 5) is 0.0447. The molecule has 1 aromatic heterocycles. The Morgan fingerprint density at radius 1 is 1.35 bits per heavy atom. The van der Waals surface area contributed by atoms with Gasteiger partial charge in [-0.3, -0.25) is 9.40 Å². The number of para-hydroxylation sites is 2. The molecule has 0 saturated heterocycles. The van der Waals surface area contributed by atoms with E-state index in [1.54, 1.807) is 19.2 Å². The summed E-state index contributed by atoms with van der Waals surface area (Å²) in [6.07, 6.45) is 2.62. The van der Waals surface area contributed by atoms with Gasteiger partial charge in [-0.1, -0.05) is 12.1 Å². The van der Waals surface area contributed by atoms with Gasteiger partial charge in [-0.15, -0.1) is 0 Å². The van der Waals surface area contributed by atoms with Crippen molar-refractivity contribution in [2.24, 2.45) is 7.05 Å². The van der Waals surface area contributed by atoms with Gasteiger partial charge in [-0.25, -0.2) is 8.42 Å². The minimum atomic E-state index is -3.71. The number of phenolic OH excluding ortho intramolecular Hbond substituents is 1. The van der Waals surface area contributed by atoms with Crippen LogP contribution in [0.3, 0.4) is 0 Å². The molecule has 0 aliphatic rings. The molecule has 6 nitrogen and oxygen atoms in total. The molecule has 1 aromatic carbocycles. The number of nitrogens with zero attached hydrogens (tertiary/aromatic N) is 2. The summed E-state index contributed by atoms with van der Waals surface area (Å²) < 4.78 is 27.5. The number of aromatic nitrogens is 2. The average Bonchev–Trinajstić information content (AvgIpc) is 2.69. The van der Waals surface area contributed by atoms with Crippen molar-refractivity contribution in [2.45, 2.75) is 4.90 Å². The molecule has 2 N–H and O–H groups in total. The Bertz CT molecular complexity index is 634. The first-order valence-corrected chi connectivity index (χ1v) is 6.27. The fraction of sp³-hybridized carbons (Fsp3) is 0.100. The second kappa shape index (κ2) is 4.10. The molecule has 2 rings (SSSR count). The highest BCUT2D eigenvalue weighted by Gasteiger charge is 2.17. The van der Waals surface area contributed by atoms with Crippen LogP contribution in [0.25, 0.3) is 0 Å². The largest absolute Gasteiger partial charge is 0.506 e. The zero-order valence-corrected chi connectivity index (χ0v) is 9.85. The van der Waals surface area contributed by atoms with Crippen LogP contribution >= 0.6 is 0 Å². The van der Waals surface area contributed by atoms with E-state index in [2.05, 4.69) is 9.82 Å². The summed E-state index contributed by atoms with van der Waals surface area (Å²) in [6.45, 7) is 0. The predicted octanol–water partition coefficient (Wildman–Crippen LogP) is 0.927. The molecule has 2 aromatic rings. The van der Waals surface area contributed by atoms with Crippen LogP contribution in [0.5, 0.6) is 5.75 Å². The lowest BCUT2D eigenvalue weighted by atomic mass is 10.3.